The molecule has 6 N–H and O–H groups in total. The molecule has 0 radical (unpaired) electrons. The first-order valence-electron chi connectivity index (χ1n) is 7.68. The van der Waals surface area contributed by atoms with E-state index in [4.69, 9.17) is 5.11 Å². The van der Waals surface area contributed by atoms with E-state index in [1.165, 1.54) is 0 Å². The number of fused-ring (bicyclic) bond motifs is 1. The number of aldehydes is 1. The lowest BCUT2D eigenvalue weighted by atomic mass is 10.0. The lowest BCUT2D eigenvalue weighted by Gasteiger charge is -2.26. The van der Waals surface area contributed by atoms with Crippen molar-refractivity contribution < 1.29 is 48.3 Å². The number of hydrogen-bond donors (Lipinski definition) is 6. The van der Waals surface area contributed by atoms with Crippen molar-refractivity contribution in [2.45, 2.75) is 24.4 Å². The average Bonchev–Trinajstić information content (AvgIpc) is 2.68. The first-order chi connectivity index (χ1) is 13.1. The van der Waals surface area contributed by atoms with Gasteiger partial charge in [0.25, 0.3) is 5.91 Å². The molecule has 152 valence electrons. The predicted molar refractivity (Wildman–Crippen MR) is 86.5 cm³/mol. The number of nitrogens with one attached hydrogen (secondary N) is 1. The van der Waals surface area contributed by atoms with Crippen molar-refractivity contribution in [2.75, 3.05) is 6.61 Å². The predicted octanol–water partition coefficient (Wildman–Crippen LogP) is -1.85. The lowest BCUT2D eigenvalue weighted by molar-refractivity contribution is -0.119. The summed E-state index contributed by atoms with van der Waals surface area (Å²) in [5, 5.41) is 48.1. The van der Waals surface area contributed by atoms with E-state index in [0.29, 0.717) is 6.07 Å². The normalized spacial score (nSPS) is 15.6. The standard InChI is InChI=1S/C16H15F2NO9/c17-7-2-5-1-6(16(27)28-14(5)10(18)11(7)23)15(26)19-8(3-20)12(24)13(25)9(22)4-21/h1-3,8-9,12-13,21-25H,4H2,(H,19,26)/t8-,9-,12-,13-/m1/s1. The van der Waals surface area contributed by atoms with Gasteiger partial charge < -0.3 is 40.1 Å². The van der Waals surface area contributed by atoms with Gasteiger partial charge in [-0.2, -0.15) is 4.39 Å². The van der Waals surface area contributed by atoms with Crippen LogP contribution in [0.1, 0.15) is 10.4 Å². The van der Waals surface area contributed by atoms with E-state index in [9.17, 15) is 43.6 Å². The summed E-state index contributed by atoms with van der Waals surface area (Å²) in [5.74, 6) is -5.62. The second-order valence-electron chi connectivity index (χ2n) is 5.75. The molecule has 1 aromatic heterocycles. The van der Waals surface area contributed by atoms with E-state index in [1.54, 1.807) is 0 Å². The number of amides is 1. The molecule has 4 atom stereocenters. The third-order valence-corrected chi connectivity index (χ3v) is 3.88. The van der Waals surface area contributed by atoms with Crippen LogP contribution in [-0.4, -0.2) is 68.7 Å². The van der Waals surface area contributed by atoms with E-state index in [0.717, 1.165) is 6.07 Å². The molecule has 10 nitrogen and oxygen atoms in total. The van der Waals surface area contributed by atoms with E-state index in [2.05, 4.69) is 4.42 Å². The molecule has 1 amide bonds. The number of rotatable bonds is 7. The Kier molecular flexibility index (Phi) is 6.41. The van der Waals surface area contributed by atoms with Crippen LogP contribution >= 0.6 is 0 Å². The van der Waals surface area contributed by atoms with E-state index in [-0.39, 0.29) is 6.29 Å². The number of phenolic OH excluding ortho intramolecular Hbond substituents is 1. The SMILES string of the molecule is O=C[C@@H](NC(=O)c1cc2cc(F)c(O)c(F)c2oc1=O)[C@@H](O)[C@H](O)[C@H](O)CO. The first kappa shape index (κ1) is 21.4. The number of aliphatic hydroxyl groups is 4. The van der Waals surface area contributed by atoms with Crippen LogP contribution in [0.3, 0.4) is 0 Å². The number of phenols is 1. The third kappa shape index (κ3) is 3.99. The van der Waals surface area contributed by atoms with Crippen molar-refractivity contribution in [3.63, 3.8) is 0 Å². The van der Waals surface area contributed by atoms with Crippen molar-refractivity contribution in [2.24, 2.45) is 0 Å². The Bertz CT molecular complexity index is 961. The van der Waals surface area contributed by atoms with Crippen molar-refractivity contribution in [3.05, 3.63) is 39.8 Å². The van der Waals surface area contributed by atoms with Crippen molar-refractivity contribution >= 4 is 23.2 Å². The van der Waals surface area contributed by atoms with Crippen molar-refractivity contribution in [1.29, 1.82) is 0 Å². The highest BCUT2D eigenvalue weighted by Gasteiger charge is 2.32. The fraction of sp³-hybridized carbons (Fsp3) is 0.312. The molecule has 0 aliphatic heterocycles. The highest BCUT2D eigenvalue weighted by atomic mass is 19.1. The van der Waals surface area contributed by atoms with E-state index >= 15 is 0 Å². The fourth-order valence-corrected chi connectivity index (χ4v) is 2.32. The van der Waals surface area contributed by atoms with Crippen LogP contribution in [-0.2, 0) is 4.79 Å². The zero-order valence-electron chi connectivity index (χ0n) is 13.9. The first-order valence-corrected chi connectivity index (χ1v) is 7.68. The summed E-state index contributed by atoms with van der Waals surface area (Å²) in [5.41, 5.74) is -3.01. The Labute approximate surface area is 154 Å². The maximum Gasteiger partial charge on any atom is 0.349 e. The number of carbonyl (C=O) groups is 2. The summed E-state index contributed by atoms with van der Waals surface area (Å²) in [6.07, 6.45) is -5.89. The number of benzene rings is 1. The summed E-state index contributed by atoms with van der Waals surface area (Å²) in [6, 6.07) is -0.483. The van der Waals surface area contributed by atoms with Gasteiger partial charge in [0, 0.05) is 5.39 Å². The molecule has 0 aliphatic rings. The Hall–Kier alpha value is -2.93. The van der Waals surface area contributed by atoms with E-state index < -0.39 is 76.4 Å². The van der Waals surface area contributed by atoms with Gasteiger partial charge in [0.1, 0.15) is 36.2 Å². The maximum atomic E-state index is 13.8. The molecular formula is C16H15F2NO9. The number of halogens is 2. The molecule has 1 heterocycles. The Morgan fingerprint density at radius 1 is 1.21 bits per heavy atom. The van der Waals surface area contributed by atoms with Crippen LogP contribution in [0.25, 0.3) is 11.0 Å². The Morgan fingerprint density at radius 3 is 2.43 bits per heavy atom. The zero-order valence-corrected chi connectivity index (χ0v) is 13.9. The summed E-state index contributed by atoms with van der Waals surface area (Å²) in [7, 11) is 0. The van der Waals surface area contributed by atoms with Gasteiger partial charge in [-0.15, -0.1) is 0 Å². The average molecular weight is 403 g/mol. The third-order valence-electron chi connectivity index (χ3n) is 3.88. The van der Waals surface area contributed by atoms with Gasteiger partial charge >= 0.3 is 5.63 Å². The van der Waals surface area contributed by atoms with Gasteiger partial charge in [0.15, 0.2) is 17.1 Å². The molecule has 2 aromatic rings. The van der Waals surface area contributed by atoms with Crippen LogP contribution in [0.15, 0.2) is 21.3 Å². The van der Waals surface area contributed by atoms with E-state index in [1.807, 2.05) is 5.32 Å². The van der Waals surface area contributed by atoms with Crippen LogP contribution < -0.4 is 10.9 Å². The van der Waals surface area contributed by atoms with Crippen LogP contribution in [0.4, 0.5) is 8.78 Å². The molecule has 0 saturated carbocycles. The second kappa shape index (κ2) is 8.39. The molecule has 2 rings (SSSR count). The minimum absolute atomic E-state index is 0.00405. The lowest BCUT2D eigenvalue weighted by Crippen LogP contribution is -2.53. The molecule has 1 aromatic carbocycles. The van der Waals surface area contributed by atoms with Gasteiger partial charge in [0.2, 0.25) is 5.82 Å². The second-order valence-corrected chi connectivity index (χ2v) is 5.75. The molecule has 28 heavy (non-hydrogen) atoms. The molecule has 0 bridgehead atoms. The Balaban J connectivity index is 2.36. The molecule has 0 spiro atoms. The zero-order chi connectivity index (χ0) is 21.2. The van der Waals surface area contributed by atoms with Crippen molar-refractivity contribution in [1.82, 2.24) is 5.32 Å². The van der Waals surface area contributed by atoms with Crippen LogP contribution in [0, 0.1) is 11.6 Å². The fourth-order valence-electron chi connectivity index (χ4n) is 2.32. The maximum absolute atomic E-state index is 13.8. The summed E-state index contributed by atoms with van der Waals surface area (Å²) < 4.78 is 31.8. The summed E-state index contributed by atoms with van der Waals surface area (Å²) in [6.45, 7) is -0.948. The minimum atomic E-state index is -2.05. The molecule has 0 saturated heterocycles. The molecule has 0 aliphatic carbocycles. The van der Waals surface area contributed by atoms with Gasteiger partial charge in [-0.05, 0) is 12.1 Å². The summed E-state index contributed by atoms with van der Waals surface area (Å²) >= 11 is 0. The van der Waals surface area contributed by atoms with Gasteiger partial charge in [-0.25, -0.2) is 9.18 Å². The quantitative estimate of drug-likeness (QED) is 0.229. The Morgan fingerprint density at radius 2 is 1.86 bits per heavy atom. The van der Waals surface area contributed by atoms with Gasteiger partial charge in [-0.3, -0.25) is 4.79 Å². The smallest absolute Gasteiger partial charge is 0.349 e. The number of carbonyl (C=O) groups excluding carboxylic acids is 2. The highest BCUT2D eigenvalue weighted by molar-refractivity contribution is 5.98. The number of hydrogen-bond acceptors (Lipinski definition) is 9. The topological polar surface area (TPSA) is 178 Å². The number of aliphatic hydroxyl groups excluding tert-OH is 4. The summed E-state index contributed by atoms with van der Waals surface area (Å²) in [4.78, 5) is 35.2. The molecular weight excluding hydrogens is 388 g/mol. The minimum Gasteiger partial charge on any atom is -0.503 e. The van der Waals surface area contributed by atoms with Crippen LogP contribution in [0.5, 0.6) is 5.75 Å². The molecule has 12 heteroatoms. The van der Waals surface area contributed by atoms with Crippen molar-refractivity contribution in [3.8, 4) is 5.75 Å². The van der Waals surface area contributed by atoms with Crippen LogP contribution in [0.2, 0.25) is 0 Å². The van der Waals surface area contributed by atoms with Gasteiger partial charge in [-0.1, -0.05) is 0 Å². The molecule has 0 fully saturated rings. The van der Waals surface area contributed by atoms with Gasteiger partial charge in [0.05, 0.1) is 6.61 Å². The molecule has 0 unspecified atom stereocenters. The monoisotopic (exact) mass is 403 g/mol. The highest BCUT2D eigenvalue weighted by Crippen LogP contribution is 2.28. The largest absolute Gasteiger partial charge is 0.503 e. The number of aromatic hydroxyl groups is 1.